The Hall–Kier alpha value is -1.72. The van der Waals surface area contributed by atoms with Gasteiger partial charge in [-0.15, -0.1) is 0 Å². The molecule has 0 atom stereocenters. The number of nitrogens with one attached hydrogen (secondary N) is 1. The average Bonchev–Trinajstić information content (AvgIpc) is 3.31. The lowest BCUT2D eigenvalue weighted by Gasteiger charge is -2.15. The summed E-state index contributed by atoms with van der Waals surface area (Å²) < 4.78 is 10.7. The number of ether oxygens (including phenoxy) is 2. The molecule has 0 saturated heterocycles. The third-order valence-corrected chi connectivity index (χ3v) is 3.94. The van der Waals surface area contributed by atoms with E-state index in [-0.39, 0.29) is 0 Å². The first kappa shape index (κ1) is 13.3. The van der Waals surface area contributed by atoms with Gasteiger partial charge in [0.1, 0.15) is 17.0 Å². The van der Waals surface area contributed by atoms with Crippen LogP contribution in [0.3, 0.4) is 0 Å². The van der Waals surface area contributed by atoms with Crippen LogP contribution in [-0.4, -0.2) is 19.2 Å². The van der Waals surface area contributed by atoms with Crippen molar-refractivity contribution in [2.45, 2.75) is 18.8 Å². The summed E-state index contributed by atoms with van der Waals surface area (Å²) in [4.78, 5) is 4.69. The van der Waals surface area contributed by atoms with Gasteiger partial charge in [-0.1, -0.05) is 11.6 Å². The second-order valence-electron chi connectivity index (χ2n) is 4.83. The summed E-state index contributed by atoms with van der Waals surface area (Å²) in [6.07, 6.45) is 2.32. The number of halogens is 1. The van der Waals surface area contributed by atoms with Gasteiger partial charge < -0.3 is 14.9 Å². The van der Waals surface area contributed by atoms with Crippen molar-refractivity contribution in [3.8, 4) is 11.5 Å². The van der Waals surface area contributed by atoms with E-state index in [9.17, 15) is 0 Å². The maximum absolute atomic E-state index is 6.39. The summed E-state index contributed by atoms with van der Waals surface area (Å²) in [5.74, 6) is 7.31. The molecule has 0 radical (unpaired) electrons. The molecule has 0 amide bonds. The first-order valence-corrected chi connectivity index (χ1v) is 6.79. The third-order valence-electron chi connectivity index (χ3n) is 3.56. The van der Waals surface area contributed by atoms with Crippen LogP contribution in [0.5, 0.6) is 11.5 Å². The number of nitrogens with zero attached hydrogens (tertiary/aromatic N) is 1. The molecule has 1 fully saturated rings. The Morgan fingerprint density at radius 3 is 2.50 bits per heavy atom. The van der Waals surface area contributed by atoms with Crippen LogP contribution in [0.1, 0.15) is 24.5 Å². The Labute approximate surface area is 122 Å². The molecule has 1 aromatic heterocycles. The first-order valence-electron chi connectivity index (χ1n) is 6.41. The summed E-state index contributed by atoms with van der Waals surface area (Å²) in [6, 6.07) is 3.69. The number of hydrogen-bond donors (Lipinski definition) is 2. The third kappa shape index (κ3) is 2.03. The highest BCUT2D eigenvalue weighted by Gasteiger charge is 2.27. The zero-order valence-corrected chi connectivity index (χ0v) is 12.1. The molecule has 0 bridgehead atoms. The Kier molecular flexibility index (Phi) is 3.31. The Balaban J connectivity index is 2.36. The quantitative estimate of drug-likeness (QED) is 0.670. The van der Waals surface area contributed by atoms with E-state index < -0.39 is 0 Å². The second-order valence-corrected chi connectivity index (χ2v) is 5.21. The van der Waals surface area contributed by atoms with E-state index in [1.165, 1.54) is 0 Å². The van der Waals surface area contributed by atoms with Gasteiger partial charge in [-0.2, -0.15) is 0 Å². The Bertz CT molecular complexity index is 671. The molecule has 3 rings (SSSR count). The van der Waals surface area contributed by atoms with Crippen LogP contribution < -0.4 is 20.7 Å². The van der Waals surface area contributed by atoms with Crippen molar-refractivity contribution in [1.29, 1.82) is 0 Å². The van der Waals surface area contributed by atoms with Gasteiger partial charge in [0.2, 0.25) is 0 Å². The maximum Gasteiger partial charge on any atom is 0.148 e. The lowest BCUT2D eigenvalue weighted by molar-refractivity contribution is 0.397. The largest absolute Gasteiger partial charge is 0.495 e. The number of nitrogens with two attached hydrogens (primary N) is 1. The number of pyridine rings is 1. The van der Waals surface area contributed by atoms with Crippen LogP contribution in [0, 0.1) is 0 Å². The standard InChI is InChI=1S/C14H16ClN3O2/c1-19-10-6-11(20-2)14-12(13(10)15)9(18-16)5-8(17-14)7-3-4-7/h5-7H,3-4,16H2,1-2H3,(H,17,18). The predicted molar refractivity (Wildman–Crippen MR) is 79.6 cm³/mol. The van der Waals surface area contributed by atoms with E-state index >= 15 is 0 Å². The molecule has 1 saturated carbocycles. The molecule has 3 N–H and O–H groups in total. The highest BCUT2D eigenvalue weighted by atomic mass is 35.5. The Morgan fingerprint density at radius 1 is 1.25 bits per heavy atom. The molecular weight excluding hydrogens is 278 g/mol. The van der Waals surface area contributed by atoms with Gasteiger partial charge >= 0.3 is 0 Å². The van der Waals surface area contributed by atoms with Crippen molar-refractivity contribution in [1.82, 2.24) is 4.98 Å². The van der Waals surface area contributed by atoms with Crippen molar-refractivity contribution in [2.75, 3.05) is 19.6 Å². The number of fused-ring (bicyclic) bond motifs is 1. The minimum atomic E-state index is 0.478. The number of hydrazine groups is 1. The van der Waals surface area contributed by atoms with E-state index in [4.69, 9.17) is 31.9 Å². The van der Waals surface area contributed by atoms with Gasteiger partial charge in [0.25, 0.3) is 0 Å². The summed E-state index contributed by atoms with van der Waals surface area (Å²) in [6.45, 7) is 0. The van der Waals surface area contributed by atoms with Gasteiger partial charge in [0.15, 0.2) is 0 Å². The number of anilines is 1. The fourth-order valence-corrected chi connectivity index (χ4v) is 2.67. The lowest BCUT2D eigenvalue weighted by atomic mass is 10.1. The summed E-state index contributed by atoms with van der Waals surface area (Å²) in [5.41, 5.74) is 5.16. The van der Waals surface area contributed by atoms with Crippen LogP contribution in [0.2, 0.25) is 5.02 Å². The highest BCUT2D eigenvalue weighted by molar-refractivity contribution is 6.38. The smallest absolute Gasteiger partial charge is 0.148 e. The predicted octanol–water partition coefficient (Wildman–Crippen LogP) is 3.07. The van der Waals surface area contributed by atoms with Crippen molar-refractivity contribution in [3.63, 3.8) is 0 Å². The summed E-state index contributed by atoms with van der Waals surface area (Å²) >= 11 is 6.39. The number of rotatable bonds is 4. The molecule has 1 heterocycles. The van der Waals surface area contributed by atoms with Crippen LogP contribution in [-0.2, 0) is 0 Å². The monoisotopic (exact) mass is 293 g/mol. The van der Waals surface area contributed by atoms with Gasteiger partial charge in [0, 0.05) is 17.7 Å². The highest BCUT2D eigenvalue weighted by Crippen LogP contribution is 2.45. The number of hydrogen-bond acceptors (Lipinski definition) is 5. The molecule has 5 nitrogen and oxygen atoms in total. The van der Waals surface area contributed by atoms with Crippen LogP contribution >= 0.6 is 11.6 Å². The fourth-order valence-electron chi connectivity index (χ4n) is 2.35. The molecule has 1 aromatic carbocycles. The van der Waals surface area contributed by atoms with Gasteiger partial charge in [-0.25, -0.2) is 4.98 Å². The normalized spacial score (nSPS) is 14.4. The molecule has 0 spiro atoms. The molecule has 20 heavy (non-hydrogen) atoms. The zero-order valence-electron chi connectivity index (χ0n) is 11.4. The summed E-state index contributed by atoms with van der Waals surface area (Å²) in [5, 5.41) is 1.20. The minimum Gasteiger partial charge on any atom is -0.495 e. The molecule has 2 aromatic rings. The SMILES string of the molecule is COc1cc(OC)c2nc(C3CC3)cc(NN)c2c1Cl. The second kappa shape index (κ2) is 5.00. The van der Waals surface area contributed by atoms with Crippen molar-refractivity contribution in [3.05, 3.63) is 22.8 Å². The maximum atomic E-state index is 6.39. The van der Waals surface area contributed by atoms with Gasteiger partial charge in [-0.3, -0.25) is 5.84 Å². The molecule has 0 unspecified atom stereocenters. The van der Waals surface area contributed by atoms with Crippen LogP contribution in [0.25, 0.3) is 10.9 Å². The van der Waals surface area contributed by atoms with E-state index in [0.29, 0.717) is 28.0 Å². The van der Waals surface area contributed by atoms with Crippen molar-refractivity contribution >= 4 is 28.2 Å². The number of methoxy groups -OCH3 is 2. The number of aromatic nitrogens is 1. The fraction of sp³-hybridized carbons (Fsp3) is 0.357. The molecule has 0 aliphatic heterocycles. The summed E-state index contributed by atoms with van der Waals surface area (Å²) in [7, 11) is 3.16. The topological polar surface area (TPSA) is 69.4 Å². The zero-order chi connectivity index (χ0) is 14.3. The lowest BCUT2D eigenvalue weighted by Crippen LogP contribution is -2.09. The van der Waals surface area contributed by atoms with Gasteiger partial charge in [-0.05, 0) is 18.9 Å². The van der Waals surface area contributed by atoms with Crippen molar-refractivity contribution < 1.29 is 9.47 Å². The van der Waals surface area contributed by atoms with Gasteiger partial charge in [0.05, 0.1) is 30.3 Å². The van der Waals surface area contributed by atoms with Crippen LogP contribution in [0.4, 0.5) is 5.69 Å². The minimum absolute atomic E-state index is 0.478. The average molecular weight is 294 g/mol. The van der Waals surface area contributed by atoms with E-state index in [0.717, 1.165) is 29.6 Å². The Morgan fingerprint density at radius 2 is 1.95 bits per heavy atom. The van der Waals surface area contributed by atoms with E-state index in [1.54, 1.807) is 20.3 Å². The molecule has 106 valence electrons. The van der Waals surface area contributed by atoms with Crippen LogP contribution in [0.15, 0.2) is 12.1 Å². The number of benzene rings is 1. The van der Waals surface area contributed by atoms with E-state index in [2.05, 4.69) is 5.43 Å². The van der Waals surface area contributed by atoms with Crippen molar-refractivity contribution in [2.24, 2.45) is 5.84 Å². The molecule has 1 aliphatic carbocycles. The molecule has 1 aliphatic rings. The number of nitrogen functional groups attached to an aromatic ring is 1. The molecule has 6 heteroatoms. The molecular formula is C14H16ClN3O2. The van der Waals surface area contributed by atoms with E-state index in [1.807, 2.05) is 6.07 Å². The first-order chi connectivity index (χ1) is 9.69.